The number of rotatable bonds is 8. The maximum absolute atomic E-state index is 12.0. The molecule has 0 aliphatic rings. The van der Waals surface area contributed by atoms with Crippen molar-refractivity contribution in [3.63, 3.8) is 0 Å². The minimum atomic E-state index is -4.40. The maximum atomic E-state index is 12.0. The lowest BCUT2D eigenvalue weighted by atomic mass is 10.1. The van der Waals surface area contributed by atoms with Crippen LogP contribution in [0.1, 0.15) is 18.4 Å². The van der Waals surface area contributed by atoms with Gasteiger partial charge >= 0.3 is 16.1 Å². The van der Waals surface area contributed by atoms with Gasteiger partial charge in [0.25, 0.3) is 5.69 Å². The number of nitro groups is 1. The molecule has 138 valence electrons. The summed E-state index contributed by atoms with van der Waals surface area (Å²) in [5.74, 6) is -1.09. The van der Waals surface area contributed by atoms with E-state index in [2.05, 4.69) is 4.18 Å². The van der Waals surface area contributed by atoms with Crippen LogP contribution in [0.3, 0.4) is 0 Å². The smallest absolute Gasteiger partial charge is 0.341 e. The lowest BCUT2D eigenvalue weighted by molar-refractivity contribution is -0.384. The molecule has 0 bridgehead atoms. The van der Waals surface area contributed by atoms with Crippen LogP contribution in [0, 0.1) is 10.1 Å². The maximum Gasteiger partial charge on any atom is 0.341 e. The Labute approximate surface area is 150 Å². The molecule has 0 radical (unpaired) electrons. The van der Waals surface area contributed by atoms with Crippen LogP contribution in [0.4, 0.5) is 5.69 Å². The number of non-ortho nitro benzene ring substituents is 1. The summed E-state index contributed by atoms with van der Waals surface area (Å²) in [4.78, 5) is 21.3. The zero-order chi connectivity index (χ0) is 19.2. The molecule has 9 heteroatoms. The van der Waals surface area contributed by atoms with Crippen LogP contribution in [0.5, 0.6) is 0 Å². The van der Waals surface area contributed by atoms with E-state index in [1.807, 2.05) is 30.3 Å². The third kappa shape index (κ3) is 5.64. The van der Waals surface area contributed by atoms with Crippen LogP contribution in [0.15, 0.2) is 59.5 Å². The van der Waals surface area contributed by atoms with Gasteiger partial charge in [-0.05, 0) is 30.5 Å². The third-order valence-electron chi connectivity index (χ3n) is 3.55. The van der Waals surface area contributed by atoms with Crippen LogP contribution in [0.25, 0.3) is 0 Å². The Morgan fingerprint density at radius 1 is 1.12 bits per heavy atom. The number of aliphatic hydroxyl groups is 1. The molecular formula is C17H17NO7S. The van der Waals surface area contributed by atoms with Gasteiger partial charge in [0.05, 0.1) is 17.4 Å². The first kappa shape index (κ1) is 19.5. The monoisotopic (exact) mass is 379 g/mol. The summed E-state index contributed by atoms with van der Waals surface area (Å²) in [6.07, 6.45) is -0.713. The van der Waals surface area contributed by atoms with E-state index in [0.717, 1.165) is 29.8 Å². The minimum absolute atomic E-state index is 0.274. The average molecular weight is 379 g/mol. The number of nitro benzene ring substituents is 1. The van der Waals surface area contributed by atoms with Gasteiger partial charge in [-0.25, -0.2) is 0 Å². The number of carbonyl (C=O) groups is 1. The second kappa shape index (κ2) is 8.54. The van der Waals surface area contributed by atoms with Gasteiger partial charge in [-0.2, -0.15) is 8.42 Å². The van der Waals surface area contributed by atoms with Crippen molar-refractivity contribution in [2.75, 3.05) is 0 Å². The molecule has 0 fully saturated rings. The van der Waals surface area contributed by atoms with Crippen molar-refractivity contribution in [1.29, 1.82) is 0 Å². The lowest BCUT2D eigenvalue weighted by Crippen LogP contribution is -2.19. The Bertz CT molecular complexity index is 864. The van der Waals surface area contributed by atoms with Gasteiger partial charge in [-0.15, -0.1) is 0 Å². The molecule has 1 atom stereocenters. The largest absolute Gasteiger partial charge is 0.393 e. The molecular weight excluding hydrogens is 362 g/mol. The zero-order valence-electron chi connectivity index (χ0n) is 13.6. The normalized spacial score (nSPS) is 12.3. The molecule has 0 amide bonds. The predicted octanol–water partition coefficient (Wildman–Crippen LogP) is 2.21. The number of nitrogens with zero attached hydrogens (tertiary/aromatic N) is 1. The van der Waals surface area contributed by atoms with E-state index in [0.29, 0.717) is 6.42 Å². The van der Waals surface area contributed by atoms with Gasteiger partial charge in [-0.3, -0.25) is 14.9 Å². The van der Waals surface area contributed by atoms with Gasteiger partial charge in [0, 0.05) is 12.1 Å². The standard InChI is InChI=1S/C17H17NO7S/c19-15(9-6-13-4-2-1-3-5-13)12-17(20)25-26(23,24)16-10-7-14(8-11-16)18(21)22/h1-5,7-8,10-11,15,19H,6,9,12H2. The van der Waals surface area contributed by atoms with Gasteiger partial charge in [0.15, 0.2) is 0 Å². The van der Waals surface area contributed by atoms with Gasteiger partial charge in [0.2, 0.25) is 0 Å². The third-order valence-corrected chi connectivity index (χ3v) is 4.81. The molecule has 0 aliphatic heterocycles. The molecule has 1 unspecified atom stereocenters. The van der Waals surface area contributed by atoms with Crippen molar-refractivity contribution in [2.45, 2.75) is 30.3 Å². The summed E-state index contributed by atoms with van der Waals surface area (Å²) in [6.45, 7) is 0. The number of aryl methyl sites for hydroxylation is 1. The molecule has 8 nitrogen and oxygen atoms in total. The van der Waals surface area contributed by atoms with Gasteiger partial charge < -0.3 is 9.29 Å². The summed E-state index contributed by atoms with van der Waals surface area (Å²) in [5, 5.41) is 20.4. The zero-order valence-corrected chi connectivity index (χ0v) is 14.5. The van der Waals surface area contributed by atoms with Crippen LogP contribution >= 0.6 is 0 Å². The molecule has 26 heavy (non-hydrogen) atoms. The van der Waals surface area contributed by atoms with E-state index >= 15 is 0 Å². The molecule has 2 aromatic carbocycles. The Kier molecular flexibility index (Phi) is 6.42. The predicted molar refractivity (Wildman–Crippen MR) is 91.8 cm³/mol. The number of hydrogen-bond acceptors (Lipinski definition) is 7. The SMILES string of the molecule is O=C(CC(O)CCc1ccccc1)OS(=O)(=O)c1ccc([N+](=O)[O-])cc1. The number of hydrogen-bond donors (Lipinski definition) is 1. The summed E-state index contributed by atoms with van der Waals surface area (Å²) < 4.78 is 28.4. The van der Waals surface area contributed by atoms with Crippen molar-refractivity contribution in [3.8, 4) is 0 Å². The molecule has 2 rings (SSSR count). The molecule has 0 saturated carbocycles. The van der Waals surface area contributed by atoms with Gasteiger partial charge in [0.1, 0.15) is 4.90 Å². The Hall–Kier alpha value is -2.78. The molecule has 2 aromatic rings. The van der Waals surface area contributed by atoms with E-state index in [1.54, 1.807) is 0 Å². The summed E-state index contributed by atoms with van der Waals surface area (Å²) in [5.41, 5.74) is 0.699. The quantitative estimate of drug-likeness (QED) is 0.423. The van der Waals surface area contributed by atoms with Gasteiger partial charge in [-0.1, -0.05) is 30.3 Å². The van der Waals surface area contributed by atoms with Crippen molar-refractivity contribution >= 4 is 21.8 Å². The number of aliphatic hydroxyl groups excluding tert-OH is 1. The van der Waals surface area contributed by atoms with Crippen LogP contribution < -0.4 is 0 Å². The summed E-state index contributed by atoms with van der Waals surface area (Å²) in [6, 6.07) is 13.3. The van der Waals surface area contributed by atoms with E-state index in [4.69, 9.17) is 0 Å². The average Bonchev–Trinajstić information content (AvgIpc) is 2.60. The fourth-order valence-corrected chi connectivity index (χ4v) is 3.09. The molecule has 0 heterocycles. The first-order chi connectivity index (χ1) is 12.3. The van der Waals surface area contributed by atoms with Crippen molar-refractivity contribution in [2.24, 2.45) is 0 Å². The second-order valence-corrected chi connectivity index (χ2v) is 7.09. The van der Waals surface area contributed by atoms with E-state index in [1.165, 1.54) is 0 Å². The van der Waals surface area contributed by atoms with Crippen molar-refractivity contribution < 1.29 is 27.4 Å². The highest BCUT2D eigenvalue weighted by Gasteiger charge is 2.23. The van der Waals surface area contributed by atoms with E-state index in [-0.39, 0.29) is 17.0 Å². The molecule has 0 saturated heterocycles. The fraction of sp³-hybridized carbons (Fsp3) is 0.235. The highest BCUT2D eigenvalue weighted by atomic mass is 32.2. The summed E-state index contributed by atoms with van der Waals surface area (Å²) in [7, 11) is -4.40. The first-order valence-electron chi connectivity index (χ1n) is 7.71. The molecule has 0 aromatic heterocycles. The lowest BCUT2D eigenvalue weighted by Gasteiger charge is -2.10. The Morgan fingerprint density at radius 3 is 2.31 bits per heavy atom. The molecule has 0 aliphatic carbocycles. The van der Waals surface area contributed by atoms with Crippen molar-refractivity contribution in [3.05, 3.63) is 70.3 Å². The Balaban J connectivity index is 1.90. The highest BCUT2D eigenvalue weighted by molar-refractivity contribution is 7.87. The van der Waals surface area contributed by atoms with E-state index < -0.39 is 33.5 Å². The number of carbonyl (C=O) groups excluding carboxylic acids is 1. The second-order valence-electron chi connectivity index (χ2n) is 5.54. The van der Waals surface area contributed by atoms with Crippen LogP contribution in [-0.4, -0.2) is 30.5 Å². The van der Waals surface area contributed by atoms with Crippen LogP contribution in [-0.2, 0) is 25.5 Å². The Morgan fingerprint density at radius 2 is 1.73 bits per heavy atom. The first-order valence-corrected chi connectivity index (χ1v) is 9.12. The van der Waals surface area contributed by atoms with Crippen molar-refractivity contribution in [1.82, 2.24) is 0 Å². The molecule has 1 N–H and O–H groups in total. The highest BCUT2D eigenvalue weighted by Crippen LogP contribution is 2.18. The van der Waals surface area contributed by atoms with Crippen LogP contribution in [0.2, 0.25) is 0 Å². The number of benzene rings is 2. The minimum Gasteiger partial charge on any atom is -0.393 e. The van der Waals surface area contributed by atoms with E-state index in [9.17, 15) is 28.4 Å². The topological polar surface area (TPSA) is 124 Å². The fourth-order valence-electron chi connectivity index (χ4n) is 2.21. The summed E-state index contributed by atoms with van der Waals surface area (Å²) >= 11 is 0. The molecule has 0 spiro atoms.